The van der Waals surface area contributed by atoms with Crippen LogP contribution in [0, 0.1) is 0 Å². The Labute approximate surface area is 102 Å². The SMILES string of the molecule is CSCCCCCNC(=O)N1CCOCC1. The molecule has 1 aliphatic heterocycles. The largest absolute Gasteiger partial charge is 0.378 e. The topological polar surface area (TPSA) is 41.6 Å². The zero-order chi connectivity index (χ0) is 11.6. The summed E-state index contributed by atoms with van der Waals surface area (Å²) in [4.78, 5) is 13.5. The van der Waals surface area contributed by atoms with Crippen LogP contribution in [0.15, 0.2) is 0 Å². The van der Waals surface area contributed by atoms with E-state index in [0.717, 1.165) is 26.1 Å². The van der Waals surface area contributed by atoms with Gasteiger partial charge in [0.15, 0.2) is 0 Å². The predicted molar refractivity (Wildman–Crippen MR) is 68.0 cm³/mol. The molecule has 1 rings (SSSR count). The summed E-state index contributed by atoms with van der Waals surface area (Å²) < 4.78 is 5.20. The molecule has 4 nitrogen and oxygen atoms in total. The van der Waals surface area contributed by atoms with E-state index in [1.54, 1.807) is 0 Å². The Morgan fingerprint density at radius 3 is 2.75 bits per heavy atom. The summed E-state index contributed by atoms with van der Waals surface area (Å²) in [5, 5.41) is 2.95. The van der Waals surface area contributed by atoms with E-state index in [0.29, 0.717) is 13.2 Å². The maximum Gasteiger partial charge on any atom is 0.317 e. The van der Waals surface area contributed by atoms with Gasteiger partial charge in [-0.25, -0.2) is 4.79 Å². The maximum absolute atomic E-state index is 11.6. The summed E-state index contributed by atoms with van der Waals surface area (Å²) in [7, 11) is 0. The fourth-order valence-electron chi connectivity index (χ4n) is 1.62. The van der Waals surface area contributed by atoms with Gasteiger partial charge in [-0.1, -0.05) is 6.42 Å². The number of hydrogen-bond acceptors (Lipinski definition) is 3. The van der Waals surface area contributed by atoms with Crippen LogP contribution in [-0.4, -0.2) is 55.8 Å². The fraction of sp³-hybridized carbons (Fsp3) is 0.909. The zero-order valence-electron chi connectivity index (χ0n) is 10.0. The van der Waals surface area contributed by atoms with E-state index in [1.807, 2.05) is 16.7 Å². The van der Waals surface area contributed by atoms with E-state index in [2.05, 4.69) is 11.6 Å². The highest BCUT2D eigenvalue weighted by atomic mass is 32.2. The smallest absolute Gasteiger partial charge is 0.317 e. The van der Waals surface area contributed by atoms with Crippen molar-refractivity contribution in [2.45, 2.75) is 19.3 Å². The van der Waals surface area contributed by atoms with Crippen molar-refractivity contribution in [2.75, 3.05) is 44.9 Å². The number of nitrogens with zero attached hydrogens (tertiary/aromatic N) is 1. The Hall–Kier alpha value is -0.420. The predicted octanol–water partition coefficient (Wildman–Crippen LogP) is 1.56. The summed E-state index contributed by atoms with van der Waals surface area (Å²) in [6.07, 6.45) is 5.65. The van der Waals surface area contributed by atoms with Crippen LogP contribution in [0.25, 0.3) is 0 Å². The number of thioether (sulfide) groups is 1. The average Bonchev–Trinajstić information content (AvgIpc) is 2.34. The molecule has 0 aromatic heterocycles. The van der Waals surface area contributed by atoms with E-state index in [4.69, 9.17) is 4.74 Å². The van der Waals surface area contributed by atoms with E-state index in [9.17, 15) is 4.79 Å². The molecule has 5 heteroatoms. The number of carbonyl (C=O) groups excluding carboxylic acids is 1. The van der Waals surface area contributed by atoms with Crippen LogP contribution >= 0.6 is 11.8 Å². The number of nitrogens with one attached hydrogen (secondary N) is 1. The quantitative estimate of drug-likeness (QED) is 0.723. The molecule has 0 aromatic rings. The van der Waals surface area contributed by atoms with Gasteiger partial charge in [-0.3, -0.25) is 0 Å². The molecule has 1 heterocycles. The van der Waals surface area contributed by atoms with Gasteiger partial charge in [0.25, 0.3) is 0 Å². The van der Waals surface area contributed by atoms with Crippen molar-refractivity contribution < 1.29 is 9.53 Å². The number of unbranched alkanes of at least 4 members (excludes halogenated alkanes) is 2. The number of amides is 2. The zero-order valence-corrected chi connectivity index (χ0v) is 10.9. The molecule has 1 N–H and O–H groups in total. The summed E-state index contributed by atoms with van der Waals surface area (Å²) >= 11 is 1.88. The van der Waals surface area contributed by atoms with Crippen LogP contribution in [0.3, 0.4) is 0 Å². The third-order valence-electron chi connectivity index (χ3n) is 2.60. The standard InChI is InChI=1S/C11H22N2O2S/c1-16-10-4-2-3-5-12-11(14)13-6-8-15-9-7-13/h2-10H2,1H3,(H,12,14). The first kappa shape index (κ1) is 13.6. The minimum Gasteiger partial charge on any atom is -0.378 e. The molecule has 1 saturated heterocycles. The summed E-state index contributed by atoms with van der Waals surface area (Å²) in [5.41, 5.74) is 0. The van der Waals surface area contributed by atoms with Gasteiger partial charge in [0.2, 0.25) is 0 Å². The number of morpholine rings is 1. The first-order chi connectivity index (χ1) is 7.84. The van der Waals surface area contributed by atoms with Crippen molar-refractivity contribution in [1.82, 2.24) is 10.2 Å². The molecule has 0 spiro atoms. The lowest BCUT2D eigenvalue weighted by molar-refractivity contribution is 0.0532. The second-order valence-electron chi connectivity index (χ2n) is 3.88. The van der Waals surface area contributed by atoms with Gasteiger partial charge in [-0.2, -0.15) is 11.8 Å². The van der Waals surface area contributed by atoms with Crippen molar-refractivity contribution in [1.29, 1.82) is 0 Å². The van der Waals surface area contributed by atoms with Crippen molar-refractivity contribution in [3.8, 4) is 0 Å². The minimum atomic E-state index is 0.0631. The molecule has 0 atom stereocenters. The first-order valence-electron chi connectivity index (χ1n) is 5.94. The lowest BCUT2D eigenvalue weighted by atomic mass is 10.2. The normalized spacial score (nSPS) is 16.2. The number of rotatable bonds is 6. The van der Waals surface area contributed by atoms with Crippen LogP contribution in [0.5, 0.6) is 0 Å². The summed E-state index contributed by atoms with van der Waals surface area (Å²) in [6.45, 7) is 3.57. The Morgan fingerprint density at radius 2 is 2.06 bits per heavy atom. The molecule has 0 aromatic carbocycles. The van der Waals surface area contributed by atoms with Crippen molar-refractivity contribution in [2.24, 2.45) is 0 Å². The van der Waals surface area contributed by atoms with Gasteiger partial charge in [-0.15, -0.1) is 0 Å². The van der Waals surface area contributed by atoms with Gasteiger partial charge in [-0.05, 0) is 24.9 Å². The summed E-state index contributed by atoms with van der Waals surface area (Å²) in [5.74, 6) is 1.22. The highest BCUT2D eigenvalue weighted by Crippen LogP contribution is 2.02. The highest BCUT2D eigenvalue weighted by Gasteiger charge is 2.15. The van der Waals surface area contributed by atoms with Crippen molar-refractivity contribution in [3.05, 3.63) is 0 Å². The molecule has 1 aliphatic rings. The van der Waals surface area contributed by atoms with Crippen molar-refractivity contribution >= 4 is 17.8 Å². The Bertz CT molecular complexity index is 196. The second kappa shape index (κ2) is 8.70. The Balaban J connectivity index is 1.97. The van der Waals surface area contributed by atoms with Crippen LogP contribution in [0.4, 0.5) is 4.79 Å². The van der Waals surface area contributed by atoms with E-state index in [1.165, 1.54) is 18.6 Å². The molecule has 0 bridgehead atoms. The Kier molecular flexibility index (Phi) is 7.42. The van der Waals surface area contributed by atoms with E-state index in [-0.39, 0.29) is 6.03 Å². The summed E-state index contributed by atoms with van der Waals surface area (Å²) in [6, 6.07) is 0.0631. The van der Waals surface area contributed by atoms with Crippen LogP contribution < -0.4 is 5.32 Å². The van der Waals surface area contributed by atoms with Crippen LogP contribution in [0.2, 0.25) is 0 Å². The molecule has 0 radical (unpaired) electrons. The lowest BCUT2D eigenvalue weighted by Gasteiger charge is -2.26. The monoisotopic (exact) mass is 246 g/mol. The minimum absolute atomic E-state index is 0.0631. The van der Waals surface area contributed by atoms with Gasteiger partial charge >= 0.3 is 6.03 Å². The molecule has 1 fully saturated rings. The van der Waals surface area contributed by atoms with Gasteiger partial charge < -0.3 is 15.0 Å². The molecule has 2 amide bonds. The lowest BCUT2D eigenvalue weighted by Crippen LogP contribution is -2.46. The number of ether oxygens (including phenoxy) is 1. The number of carbonyl (C=O) groups is 1. The third kappa shape index (κ3) is 5.61. The number of urea groups is 1. The van der Waals surface area contributed by atoms with Gasteiger partial charge in [0, 0.05) is 19.6 Å². The van der Waals surface area contributed by atoms with Gasteiger partial charge in [0.1, 0.15) is 0 Å². The molecule has 0 unspecified atom stereocenters. The molecular formula is C11H22N2O2S. The third-order valence-corrected chi connectivity index (χ3v) is 3.30. The second-order valence-corrected chi connectivity index (χ2v) is 4.87. The molecule has 94 valence electrons. The van der Waals surface area contributed by atoms with Crippen LogP contribution in [0.1, 0.15) is 19.3 Å². The first-order valence-corrected chi connectivity index (χ1v) is 7.33. The molecule has 0 saturated carbocycles. The van der Waals surface area contributed by atoms with E-state index < -0.39 is 0 Å². The van der Waals surface area contributed by atoms with E-state index >= 15 is 0 Å². The van der Waals surface area contributed by atoms with Crippen molar-refractivity contribution in [3.63, 3.8) is 0 Å². The van der Waals surface area contributed by atoms with Crippen LogP contribution in [-0.2, 0) is 4.74 Å². The van der Waals surface area contributed by atoms with Gasteiger partial charge in [0.05, 0.1) is 13.2 Å². The molecule has 16 heavy (non-hydrogen) atoms. The molecular weight excluding hydrogens is 224 g/mol. The average molecular weight is 246 g/mol. The maximum atomic E-state index is 11.6. The Morgan fingerprint density at radius 1 is 1.31 bits per heavy atom. The highest BCUT2D eigenvalue weighted by molar-refractivity contribution is 7.98. The number of hydrogen-bond donors (Lipinski definition) is 1. The molecule has 0 aliphatic carbocycles. The fourth-order valence-corrected chi connectivity index (χ4v) is 2.11.